The van der Waals surface area contributed by atoms with E-state index in [4.69, 9.17) is 11.5 Å². The third-order valence-electron chi connectivity index (χ3n) is 12.1. The molecule has 5 rings (SSSR count). The average Bonchev–Trinajstić information content (AvgIpc) is 3.77. The fourth-order valence-electron chi connectivity index (χ4n) is 8.78. The van der Waals surface area contributed by atoms with E-state index in [1.54, 1.807) is 0 Å². The summed E-state index contributed by atoms with van der Waals surface area (Å²) in [5, 5.41) is 17.3. The molecule has 63 heavy (non-hydrogen) atoms. The van der Waals surface area contributed by atoms with Gasteiger partial charge in [-0.05, 0) is 74.8 Å². The number of carbonyl (C=O) groups excluding carboxylic acids is 7. The van der Waals surface area contributed by atoms with Crippen molar-refractivity contribution in [2.75, 3.05) is 19.6 Å². The lowest BCUT2D eigenvalue weighted by Crippen LogP contribution is -2.60. The summed E-state index contributed by atoms with van der Waals surface area (Å²) in [4.78, 5) is 103. The van der Waals surface area contributed by atoms with Crippen LogP contribution in [0.25, 0.3) is 0 Å². The summed E-state index contributed by atoms with van der Waals surface area (Å²) >= 11 is 0. The highest BCUT2D eigenvalue weighted by atomic mass is 16.2. The van der Waals surface area contributed by atoms with Crippen LogP contribution in [-0.4, -0.2) is 108 Å². The molecule has 3 fully saturated rings. The van der Waals surface area contributed by atoms with Gasteiger partial charge in [-0.2, -0.15) is 0 Å². The number of aryl methyl sites for hydroxylation is 1. The Morgan fingerprint density at radius 3 is 2.05 bits per heavy atom. The van der Waals surface area contributed by atoms with Crippen molar-refractivity contribution in [3.63, 3.8) is 0 Å². The number of rotatable bonds is 14. The van der Waals surface area contributed by atoms with Crippen molar-refractivity contribution >= 4 is 47.3 Å². The van der Waals surface area contributed by atoms with Crippen molar-refractivity contribution in [2.45, 2.75) is 139 Å². The molecule has 0 bridgehead atoms. The van der Waals surface area contributed by atoms with E-state index in [2.05, 4.69) is 36.9 Å². The van der Waals surface area contributed by atoms with Gasteiger partial charge in [0.05, 0.1) is 0 Å². The smallest absolute Gasteiger partial charge is 0.245 e. The molecule has 6 atom stereocenters. The molecule has 0 spiro atoms. The Balaban J connectivity index is 1.45. The van der Waals surface area contributed by atoms with E-state index in [-0.39, 0.29) is 63.6 Å². The lowest BCUT2D eigenvalue weighted by atomic mass is 9.84. The van der Waals surface area contributed by atoms with Gasteiger partial charge in [0.25, 0.3) is 0 Å². The van der Waals surface area contributed by atoms with E-state index < -0.39 is 77.6 Å². The Hall–Kier alpha value is -6.00. The van der Waals surface area contributed by atoms with Crippen LogP contribution in [0.5, 0.6) is 0 Å². The fourth-order valence-corrected chi connectivity index (χ4v) is 8.78. The van der Waals surface area contributed by atoms with E-state index >= 15 is 0 Å². The summed E-state index contributed by atoms with van der Waals surface area (Å²) in [6.07, 6.45) is 7.83. The van der Waals surface area contributed by atoms with Gasteiger partial charge in [-0.15, -0.1) is 0 Å². The maximum Gasteiger partial charge on any atom is 0.245 e. The predicted octanol–water partition coefficient (Wildman–Crippen LogP) is 1.23. The second kappa shape index (κ2) is 24.6. The molecular formula is C46H66N10O7. The normalized spacial score (nSPS) is 23.7. The molecule has 17 heteroatoms. The van der Waals surface area contributed by atoms with E-state index in [0.717, 1.165) is 43.2 Å². The molecule has 7 amide bonds. The van der Waals surface area contributed by atoms with Crippen LogP contribution < -0.4 is 43.4 Å². The molecule has 1 saturated carbocycles. The second-order valence-electron chi connectivity index (χ2n) is 17.0. The second-order valence-corrected chi connectivity index (χ2v) is 17.0. The topological polar surface area (TPSA) is 259 Å². The Morgan fingerprint density at radius 1 is 0.746 bits per heavy atom. The zero-order valence-electron chi connectivity index (χ0n) is 36.4. The Labute approximate surface area is 370 Å². The molecule has 0 aromatic heterocycles. The van der Waals surface area contributed by atoms with E-state index in [9.17, 15) is 33.6 Å². The Kier molecular flexibility index (Phi) is 18.8. The summed E-state index contributed by atoms with van der Waals surface area (Å²) in [5.74, 6) is -3.46. The number of amides is 7. The molecule has 3 aliphatic rings. The number of nitrogens with one attached hydrogen (secondary N) is 6. The van der Waals surface area contributed by atoms with Crippen molar-refractivity contribution in [2.24, 2.45) is 22.4 Å². The first-order chi connectivity index (χ1) is 30.4. The van der Waals surface area contributed by atoms with Crippen LogP contribution in [0.4, 0.5) is 0 Å². The maximum absolute atomic E-state index is 14.5. The third kappa shape index (κ3) is 15.4. The highest BCUT2D eigenvalue weighted by Crippen LogP contribution is 2.28. The SMILES string of the molecule is CC(=O)N[C@@H](Cc1ccccc1)C(=O)NC1CCCNC(=O)[C@H](CCCN=C(N)N)NC(=O)[C@H](CCc2ccccc2)NC(=O)[C@@H](CC2CCCCC2)NC(=O)[C@@H]2CCCN2C1=O. The zero-order chi connectivity index (χ0) is 45.1. The number of hydrogen-bond donors (Lipinski definition) is 8. The number of nitrogens with zero attached hydrogens (tertiary/aromatic N) is 2. The lowest BCUT2D eigenvalue weighted by molar-refractivity contribution is -0.143. The van der Waals surface area contributed by atoms with E-state index in [1.165, 1.54) is 11.8 Å². The summed E-state index contributed by atoms with van der Waals surface area (Å²) in [6, 6.07) is 12.6. The number of guanidine groups is 1. The van der Waals surface area contributed by atoms with Crippen molar-refractivity contribution in [1.82, 2.24) is 36.8 Å². The van der Waals surface area contributed by atoms with Crippen LogP contribution in [0, 0.1) is 5.92 Å². The van der Waals surface area contributed by atoms with Gasteiger partial charge in [0.15, 0.2) is 5.96 Å². The molecule has 2 aromatic carbocycles. The van der Waals surface area contributed by atoms with Gasteiger partial charge in [0, 0.05) is 33.0 Å². The number of benzene rings is 2. The van der Waals surface area contributed by atoms with Crippen LogP contribution in [0.1, 0.15) is 102 Å². The fraction of sp³-hybridized carbons (Fsp3) is 0.565. The molecule has 2 aromatic rings. The molecule has 17 nitrogen and oxygen atoms in total. The number of fused-ring (bicyclic) bond motifs is 1. The Bertz CT molecular complexity index is 1890. The monoisotopic (exact) mass is 871 g/mol. The molecule has 0 radical (unpaired) electrons. The maximum atomic E-state index is 14.5. The summed E-state index contributed by atoms with van der Waals surface area (Å²) in [7, 11) is 0. The highest BCUT2D eigenvalue weighted by molar-refractivity contribution is 5.97. The van der Waals surface area contributed by atoms with Gasteiger partial charge in [0.1, 0.15) is 36.3 Å². The van der Waals surface area contributed by atoms with Gasteiger partial charge in [-0.1, -0.05) is 92.8 Å². The summed E-state index contributed by atoms with van der Waals surface area (Å²) in [6.45, 7) is 1.86. The van der Waals surface area contributed by atoms with Gasteiger partial charge in [-0.25, -0.2) is 0 Å². The van der Waals surface area contributed by atoms with E-state index in [1.807, 2.05) is 60.7 Å². The molecule has 2 heterocycles. The molecule has 2 aliphatic heterocycles. The van der Waals surface area contributed by atoms with Crippen LogP contribution >= 0.6 is 0 Å². The van der Waals surface area contributed by atoms with Crippen molar-refractivity contribution < 1.29 is 33.6 Å². The van der Waals surface area contributed by atoms with E-state index in [0.29, 0.717) is 32.1 Å². The summed E-state index contributed by atoms with van der Waals surface area (Å²) < 4.78 is 0. The molecule has 2 saturated heterocycles. The molecule has 1 aliphatic carbocycles. The van der Waals surface area contributed by atoms with Crippen molar-refractivity contribution in [3.8, 4) is 0 Å². The first kappa shape index (κ1) is 48.0. The molecule has 342 valence electrons. The van der Waals surface area contributed by atoms with Crippen LogP contribution in [0.3, 0.4) is 0 Å². The lowest BCUT2D eigenvalue weighted by Gasteiger charge is -2.32. The van der Waals surface area contributed by atoms with Gasteiger partial charge >= 0.3 is 0 Å². The van der Waals surface area contributed by atoms with Crippen LogP contribution in [-0.2, 0) is 46.4 Å². The first-order valence-corrected chi connectivity index (χ1v) is 22.6. The molecular weight excluding hydrogens is 805 g/mol. The summed E-state index contributed by atoms with van der Waals surface area (Å²) in [5.41, 5.74) is 12.8. The minimum Gasteiger partial charge on any atom is -0.370 e. The van der Waals surface area contributed by atoms with Crippen LogP contribution in [0.2, 0.25) is 0 Å². The number of hydrogen-bond acceptors (Lipinski definition) is 8. The first-order valence-electron chi connectivity index (χ1n) is 22.6. The van der Waals surface area contributed by atoms with Gasteiger partial charge in [0.2, 0.25) is 41.4 Å². The highest BCUT2D eigenvalue weighted by Gasteiger charge is 2.40. The minimum atomic E-state index is -1.12. The minimum absolute atomic E-state index is 0.0822. The predicted molar refractivity (Wildman–Crippen MR) is 238 cm³/mol. The number of nitrogens with two attached hydrogens (primary N) is 2. The largest absolute Gasteiger partial charge is 0.370 e. The van der Waals surface area contributed by atoms with Crippen LogP contribution in [0.15, 0.2) is 65.7 Å². The number of carbonyl (C=O) groups is 7. The zero-order valence-corrected chi connectivity index (χ0v) is 36.4. The van der Waals surface area contributed by atoms with Crippen molar-refractivity contribution in [3.05, 3.63) is 71.8 Å². The number of aliphatic imine (C=N–C) groups is 1. The Morgan fingerprint density at radius 2 is 1.38 bits per heavy atom. The van der Waals surface area contributed by atoms with Gasteiger partial charge < -0.3 is 48.3 Å². The average molecular weight is 871 g/mol. The van der Waals surface area contributed by atoms with Gasteiger partial charge in [-0.3, -0.25) is 38.6 Å². The van der Waals surface area contributed by atoms with Crippen molar-refractivity contribution in [1.29, 1.82) is 0 Å². The standard InChI is InChI=1S/C46H66N10O7/c1-30(57)51-37(28-32-16-7-3-8-17-32)42(60)54-36-21-12-25-49-40(58)34(20-11-26-50-46(47)48)52-41(59)35(24-23-31-14-5-2-6-15-31)53-43(61)38(29-33-18-9-4-10-19-33)55-44(62)39-22-13-27-56(39)45(36)63/h2-3,5-8,14-17,33-39H,4,9-13,18-29H2,1H3,(H,49,58)(H,51,57)(H,52,59)(H,53,61)(H,54,60)(H,55,62)(H4,47,48,50)/t34-,35-,36?,37-,38+,39-/m0/s1. The molecule has 1 unspecified atom stereocenters. The quantitative estimate of drug-likeness (QED) is 0.0771. The third-order valence-corrected chi connectivity index (χ3v) is 12.1. The molecule has 10 N–H and O–H groups in total.